The van der Waals surface area contributed by atoms with Crippen LogP contribution in [0, 0.1) is 0 Å². The van der Waals surface area contributed by atoms with Gasteiger partial charge in [-0.25, -0.2) is 0 Å². The lowest BCUT2D eigenvalue weighted by molar-refractivity contribution is 0.0709. The summed E-state index contributed by atoms with van der Waals surface area (Å²) in [6.45, 7) is 6.33. The fraction of sp³-hybridized carbons (Fsp3) is 0.438. The second kappa shape index (κ2) is 6.00. The summed E-state index contributed by atoms with van der Waals surface area (Å²) in [6.07, 6.45) is 0. The van der Waals surface area contributed by atoms with Gasteiger partial charge in [0.05, 0.1) is 11.0 Å². The number of aromatic amines is 1. The molecule has 1 amide bonds. The molecular formula is C16H20N4O3. The molecule has 1 aliphatic rings. The first-order valence-electron chi connectivity index (χ1n) is 7.80. The van der Waals surface area contributed by atoms with Gasteiger partial charge in [0.15, 0.2) is 0 Å². The molecule has 0 radical (unpaired) electrons. The van der Waals surface area contributed by atoms with Crippen LogP contribution in [0.5, 0.6) is 0 Å². The predicted molar refractivity (Wildman–Crippen MR) is 87.9 cm³/mol. The Morgan fingerprint density at radius 2 is 2.13 bits per heavy atom. The molecule has 0 aliphatic carbocycles. The molecule has 1 aromatic heterocycles. The Labute approximate surface area is 132 Å². The van der Waals surface area contributed by atoms with Crippen LogP contribution in [0.3, 0.4) is 0 Å². The minimum absolute atomic E-state index is 0.0599. The van der Waals surface area contributed by atoms with Crippen LogP contribution in [0.15, 0.2) is 27.8 Å². The Morgan fingerprint density at radius 3 is 2.83 bits per heavy atom. The van der Waals surface area contributed by atoms with Gasteiger partial charge in [-0.15, -0.1) is 0 Å². The minimum atomic E-state index is -0.667. The van der Waals surface area contributed by atoms with Crippen LogP contribution in [0.1, 0.15) is 24.2 Å². The van der Waals surface area contributed by atoms with Gasteiger partial charge < -0.3 is 19.8 Å². The fourth-order valence-electron chi connectivity index (χ4n) is 3.03. The molecule has 1 fully saturated rings. The van der Waals surface area contributed by atoms with Crippen LogP contribution in [0.4, 0.5) is 0 Å². The third kappa shape index (κ3) is 2.79. The van der Waals surface area contributed by atoms with Gasteiger partial charge in [0.25, 0.3) is 5.91 Å². The zero-order valence-corrected chi connectivity index (χ0v) is 13.3. The van der Waals surface area contributed by atoms with Crippen molar-refractivity contribution < 1.29 is 4.79 Å². The highest BCUT2D eigenvalue weighted by Gasteiger charge is 2.22. The first kappa shape index (κ1) is 15.5. The number of amides is 1. The van der Waals surface area contributed by atoms with Crippen LogP contribution in [0.2, 0.25) is 0 Å². The molecule has 7 nitrogen and oxygen atoms in total. The maximum absolute atomic E-state index is 12.6. The van der Waals surface area contributed by atoms with Gasteiger partial charge in [0.1, 0.15) is 0 Å². The van der Waals surface area contributed by atoms with Crippen molar-refractivity contribution in [1.29, 1.82) is 0 Å². The van der Waals surface area contributed by atoms with E-state index < -0.39 is 11.1 Å². The highest BCUT2D eigenvalue weighted by molar-refractivity contribution is 5.97. The molecule has 3 rings (SSSR count). The van der Waals surface area contributed by atoms with Gasteiger partial charge in [0.2, 0.25) is 0 Å². The zero-order chi connectivity index (χ0) is 16.6. The van der Waals surface area contributed by atoms with Crippen molar-refractivity contribution in [3.05, 3.63) is 44.5 Å². The van der Waals surface area contributed by atoms with Gasteiger partial charge in [-0.2, -0.15) is 0 Å². The zero-order valence-electron chi connectivity index (χ0n) is 13.3. The van der Waals surface area contributed by atoms with E-state index in [9.17, 15) is 14.4 Å². The van der Waals surface area contributed by atoms with E-state index in [2.05, 4.69) is 10.3 Å². The molecule has 1 saturated heterocycles. The van der Waals surface area contributed by atoms with E-state index in [4.69, 9.17) is 0 Å². The van der Waals surface area contributed by atoms with Crippen molar-refractivity contribution in [2.45, 2.75) is 26.4 Å². The molecule has 7 heteroatoms. The molecule has 0 bridgehead atoms. The molecule has 122 valence electrons. The van der Waals surface area contributed by atoms with Gasteiger partial charge >= 0.3 is 11.1 Å². The summed E-state index contributed by atoms with van der Waals surface area (Å²) in [6, 6.07) is 5.34. The standard InChI is InChI=1S/C16H20N4O3/c1-3-20-13-5-4-11(8-12(13)18-14(21)16(20)23)15(22)19-7-6-17-10(2)9-19/h4-5,8,10,17H,3,6-7,9H2,1-2H3,(H,18,21). The Kier molecular flexibility index (Phi) is 4.04. The number of aromatic nitrogens is 2. The van der Waals surface area contributed by atoms with Gasteiger partial charge in [0, 0.05) is 37.8 Å². The number of nitrogens with zero attached hydrogens (tertiary/aromatic N) is 2. The van der Waals surface area contributed by atoms with E-state index in [1.54, 1.807) is 23.1 Å². The third-order valence-electron chi connectivity index (χ3n) is 4.19. The summed E-state index contributed by atoms with van der Waals surface area (Å²) in [5, 5.41) is 3.30. The first-order valence-corrected chi connectivity index (χ1v) is 7.80. The molecule has 2 heterocycles. The lowest BCUT2D eigenvalue weighted by Gasteiger charge is -2.32. The van der Waals surface area contributed by atoms with Crippen molar-refractivity contribution in [3.63, 3.8) is 0 Å². The number of piperazine rings is 1. The smallest absolute Gasteiger partial charge is 0.316 e. The maximum atomic E-state index is 12.6. The summed E-state index contributed by atoms with van der Waals surface area (Å²) >= 11 is 0. The van der Waals surface area contributed by atoms with Crippen molar-refractivity contribution in [1.82, 2.24) is 19.8 Å². The van der Waals surface area contributed by atoms with Crippen LogP contribution in [0.25, 0.3) is 11.0 Å². The highest BCUT2D eigenvalue weighted by atomic mass is 16.2. The molecule has 1 atom stereocenters. The number of H-pyrrole nitrogens is 1. The molecule has 2 aromatic rings. The van der Waals surface area contributed by atoms with Crippen molar-refractivity contribution in [2.24, 2.45) is 0 Å². The summed E-state index contributed by atoms with van der Waals surface area (Å²) in [5.74, 6) is -0.0599. The van der Waals surface area contributed by atoms with Crippen molar-refractivity contribution in [3.8, 4) is 0 Å². The van der Waals surface area contributed by atoms with Crippen molar-refractivity contribution >= 4 is 16.9 Å². The normalized spacial score (nSPS) is 18.3. The van der Waals surface area contributed by atoms with E-state index in [0.29, 0.717) is 36.2 Å². The summed E-state index contributed by atoms with van der Waals surface area (Å²) in [7, 11) is 0. The summed E-state index contributed by atoms with van der Waals surface area (Å²) in [4.78, 5) is 40.6. The predicted octanol–water partition coefficient (Wildman–Crippen LogP) is 0.144. The number of aryl methyl sites for hydroxylation is 1. The number of hydrogen-bond donors (Lipinski definition) is 2. The highest BCUT2D eigenvalue weighted by Crippen LogP contribution is 2.14. The SMILES string of the molecule is CCn1c(=O)c(=O)[nH]c2cc(C(=O)N3CCNC(C)C3)ccc21. The van der Waals surface area contributed by atoms with E-state index in [0.717, 1.165) is 6.54 Å². The number of carbonyl (C=O) groups is 1. The van der Waals surface area contributed by atoms with Gasteiger partial charge in [-0.3, -0.25) is 14.4 Å². The van der Waals surface area contributed by atoms with E-state index >= 15 is 0 Å². The molecule has 1 aromatic carbocycles. The second-order valence-electron chi connectivity index (χ2n) is 5.84. The van der Waals surface area contributed by atoms with Crippen LogP contribution < -0.4 is 16.4 Å². The van der Waals surface area contributed by atoms with Gasteiger partial charge in [-0.1, -0.05) is 0 Å². The van der Waals surface area contributed by atoms with E-state index in [1.807, 2.05) is 13.8 Å². The second-order valence-corrected chi connectivity index (χ2v) is 5.84. The van der Waals surface area contributed by atoms with E-state index in [1.165, 1.54) is 4.57 Å². The number of hydrogen-bond acceptors (Lipinski definition) is 4. The Morgan fingerprint density at radius 1 is 1.35 bits per heavy atom. The first-order chi connectivity index (χ1) is 11.0. The number of nitrogens with one attached hydrogen (secondary N) is 2. The molecule has 1 aliphatic heterocycles. The molecule has 0 saturated carbocycles. The van der Waals surface area contributed by atoms with Gasteiger partial charge in [-0.05, 0) is 32.0 Å². The molecule has 2 N–H and O–H groups in total. The van der Waals surface area contributed by atoms with Crippen LogP contribution in [-0.2, 0) is 6.54 Å². The number of rotatable bonds is 2. The quantitative estimate of drug-likeness (QED) is 0.772. The maximum Gasteiger partial charge on any atom is 0.316 e. The average Bonchev–Trinajstić information content (AvgIpc) is 2.55. The number of carbonyl (C=O) groups excluding carboxylic acids is 1. The fourth-order valence-corrected chi connectivity index (χ4v) is 3.03. The lowest BCUT2D eigenvalue weighted by atomic mass is 10.1. The molecule has 0 spiro atoms. The molecule has 23 heavy (non-hydrogen) atoms. The summed E-state index contributed by atoms with van der Waals surface area (Å²) < 4.78 is 1.41. The monoisotopic (exact) mass is 316 g/mol. The topological polar surface area (TPSA) is 87.2 Å². The van der Waals surface area contributed by atoms with Crippen LogP contribution >= 0.6 is 0 Å². The minimum Gasteiger partial charge on any atom is -0.336 e. The van der Waals surface area contributed by atoms with Crippen molar-refractivity contribution in [2.75, 3.05) is 19.6 Å². The average molecular weight is 316 g/mol. The number of benzene rings is 1. The molecular weight excluding hydrogens is 296 g/mol. The largest absolute Gasteiger partial charge is 0.336 e. The third-order valence-corrected chi connectivity index (χ3v) is 4.19. The van der Waals surface area contributed by atoms with E-state index in [-0.39, 0.29) is 11.9 Å². The lowest BCUT2D eigenvalue weighted by Crippen LogP contribution is -2.51. The number of fused-ring (bicyclic) bond motifs is 1. The van der Waals surface area contributed by atoms with Crippen LogP contribution in [-0.4, -0.2) is 46.0 Å². The Bertz CT molecular complexity index is 868. The molecule has 1 unspecified atom stereocenters. The summed E-state index contributed by atoms with van der Waals surface area (Å²) in [5.41, 5.74) is 0.408. The Balaban J connectivity index is 2.03. The Hall–Kier alpha value is -2.41.